The van der Waals surface area contributed by atoms with Crippen LogP contribution in [0.4, 0.5) is 10.1 Å². The fourth-order valence-electron chi connectivity index (χ4n) is 2.81. The maximum Gasteiger partial charge on any atom is 0.271 e. The number of anilines is 1. The monoisotopic (exact) mass is 379 g/mol. The van der Waals surface area contributed by atoms with Crippen LogP contribution in [0.15, 0.2) is 41.6 Å². The van der Waals surface area contributed by atoms with Gasteiger partial charge in [0.2, 0.25) is 5.91 Å². The van der Waals surface area contributed by atoms with Gasteiger partial charge in [0.05, 0.1) is 23.5 Å². The third-order valence-corrected chi connectivity index (χ3v) is 4.31. The summed E-state index contributed by atoms with van der Waals surface area (Å²) in [5.74, 6) is -0.918. The zero-order chi connectivity index (χ0) is 20.1. The number of halogens is 1. The number of pyridine rings is 1. The predicted molar refractivity (Wildman–Crippen MR) is 101 cm³/mol. The number of rotatable bonds is 5. The lowest BCUT2D eigenvalue weighted by molar-refractivity contribution is -0.130. The van der Waals surface area contributed by atoms with Crippen molar-refractivity contribution < 1.29 is 14.0 Å². The molecule has 8 heteroatoms. The molecule has 1 aromatic carbocycles. The zero-order valence-corrected chi connectivity index (χ0v) is 15.3. The van der Waals surface area contributed by atoms with E-state index in [4.69, 9.17) is 5.26 Å². The van der Waals surface area contributed by atoms with Crippen LogP contribution in [0, 0.1) is 17.1 Å². The summed E-state index contributed by atoms with van der Waals surface area (Å²) in [5, 5.41) is 16.8. The first kappa shape index (κ1) is 19.2. The number of nitriles is 1. The molecule has 2 aromatic rings. The smallest absolute Gasteiger partial charge is 0.271 e. The molecule has 1 aliphatic rings. The van der Waals surface area contributed by atoms with Crippen molar-refractivity contribution in [3.63, 3.8) is 0 Å². The molecule has 0 unspecified atom stereocenters. The van der Waals surface area contributed by atoms with Crippen LogP contribution >= 0.6 is 0 Å². The zero-order valence-electron chi connectivity index (χ0n) is 15.3. The summed E-state index contributed by atoms with van der Waals surface area (Å²) in [4.78, 5) is 28.0. The third kappa shape index (κ3) is 4.76. The Morgan fingerprint density at radius 3 is 2.79 bits per heavy atom. The maximum atomic E-state index is 13.5. The van der Waals surface area contributed by atoms with Crippen LogP contribution in [-0.2, 0) is 22.4 Å². The molecule has 0 radical (unpaired) electrons. The Hall–Kier alpha value is -3.60. The minimum absolute atomic E-state index is 0.122. The fourth-order valence-corrected chi connectivity index (χ4v) is 2.81. The number of nitrogens with zero attached hydrogens (tertiary/aromatic N) is 4. The Labute approximate surface area is 161 Å². The summed E-state index contributed by atoms with van der Waals surface area (Å²) in [7, 11) is 1.52. The first-order valence-electron chi connectivity index (χ1n) is 8.74. The van der Waals surface area contributed by atoms with Crippen LogP contribution < -0.4 is 5.32 Å². The van der Waals surface area contributed by atoms with Gasteiger partial charge in [0, 0.05) is 25.6 Å². The maximum absolute atomic E-state index is 13.5. The van der Waals surface area contributed by atoms with Crippen molar-refractivity contribution in [3.05, 3.63) is 59.2 Å². The summed E-state index contributed by atoms with van der Waals surface area (Å²) in [5.41, 5.74) is 2.61. The van der Waals surface area contributed by atoms with E-state index in [0.29, 0.717) is 36.2 Å². The molecule has 1 N–H and O–H groups in total. The SMILES string of the molecule is CN1N=C(C(=O)Nc2ccc(CCc3cc(F)cc(C#N)c3)nc2)CCC1=O. The van der Waals surface area contributed by atoms with Gasteiger partial charge in [-0.15, -0.1) is 0 Å². The van der Waals surface area contributed by atoms with Crippen LogP contribution in [0.1, 0.15) is 29.7 Å². The molecule has 3 rings (SSSR count). The second-order valence-corrected chi connectivity index (χ2v) is 6.42. The van der Waals surface area contributed by atoms with E-state index in [0.717, 1.165) is 11.3 Å². The second kappa shape index (κ2) is 8.39. The van der Waals surface area contributed by atoms with Gasteiger partial charge in [0.25, 0.3) is 5.91 Å². The van der Waals surface area contributed by atoms with E-state index in [1.54, 1.807) is 18.2 Å². The first-order valence-corrected chi connectivity index (χ1v) is 8.74. The molecule has 142 valence electrons. The lowest BCUT2D eigenvalue weighted by Gasteiger charge is -2.18. The third-order valence-electron chi connectivity index (χ3n) is 4.31. The van der Waals surface area contributed by atoms with Gasteiger partial charge >= 0.3 is 0 Å². The van der Waals surface area contributed by atoms with Gasteiger partial charge in [-0.3, -0.25) is 14.6 Å². The molecule has 0 saturated carbocycles. The quantitative estimate of drug-likeness (QED) is 0.862. The van der Waals surface area contributed by atoms with Crippen LogP contribution in [0.3, 0.4) is 0 Å². The molecule has 7 nitrogen and oxygen atoms in total. The van der Waals surface area contributed by atoms with Crippen molar-refractivity contribution in [2.45, 2.75) is 25.7 Å². The summed E-state index contributed by atoms with van der Waals surface area (Å²) in [6.45, 7) is 0. The highest BCUT2D eigenvalue weighted by Gasteiger charge is 2.22. The van der Waals surface area contributed by atoms with Crippen molar-refractivity contribution in [1.29, 1.82) is 5.26 Å². The van der Waals surface area contributed by atoms with Crippen molar-refractivity contribution in [2.75, 3.05) is 12.4 Å². The van der Waals surface area contributed by atoms with E-state index >= 15 is 0 Å². The number of aryl methyl sites for hydroxylation is 2. The number of hydrogen-bond acceptors (Lipinski definition) is 5. The first-order chi connectivity index (χ1) is 13.4. The highest BCUT2D eigenvalue weighted by atomic mass is 19.1. The number of hydrogen-bond donors (Lipinski definition) is 1. The number of aromatic nitrogens is 1. The predicted octanol–water partition coefficient (Wildman–Crippen LogP) is 2.42. The lowest BCUT2D eigenvalue weighted by Crippen LogP contribution is -2.34. The van der Waals surface area contributed by atoms with E-state index in [1.165, 1.54) is 30.4 Å². The summed E-state index contributed by atoms with van der Waals surface area (Å²) in [6, 6.07) is 9.70. The van der Waals surface area contributed by atoms with Crippen molar-refractivity contribution in [1.82, 2.24) is 9.99 Å². The van der Waals surface area contributed by atoms with Crippen LogP contribution in [0.5, 0.6) is 0 Å². The second-order valence-electron chi connectivity index (χ2n) is 6.42. The van der Waals surface area contributed by atoms with Crippen LogP contribution in [-0.4, -0.2) is 34.6 Å². The van der Waals surface area contributed by atoms with Gasteiger partial charge in [-0.1, -0.05) is 0 Å². The topological polar surface area (TPSA) is 98.5 Å². The minimum Gasteiger partial charge on any atom is -0.319 e. The van der Waals surface area contributed by atoms with Gasteiger partial charge in [-0.25, -0.2) is 9.40 Å². The van der Waals surface area contributed by atoms with Crippen LogP contribution in [0.25, 0.3) is 0 Å². The number of carbonyl (C=O) groups is 2. The highest BCUT2D eigenvalue weighted by molar-refractivity contribution is 6.43. The Morgan fingerprint density at radius 2 is 2.11 bits per heavy atom. The lowest BCUT2D eigenvalue weighted by atomic mass is 10.0. The molecular formula is C20H18FN5O2. The molecule has 1 aliphatic heterocycles. The summed E-state index contributed by atoms with van der Waals surface area (Å²) >= 11 is 0. The van der Waals surface area contributed by atoms with E-state index in [-0.39, 0.29) is 18.2 Å². The normalized spacial score (nSPS) is 13.7. The Bertz CT molecular complexity index is 979. The van der Waals surface area contributed by atoms with Crippen LogP contribution in [0.2, 0.25) is 0 Å². The minimum atomic E-state index is -0.432. The van der Waals surface area contributed by atoms with E-state index in [1.807, 2.05) is 6.07 Å². The average molecular weight is 379 g/mol. The summed E-state index contributed by atoms with van der Waals surface area (Å²) < 4.78 is 13.5. The van der Waals surface area contributed by atoms with Gasteiger partial charge in [0.15, 0.2) is 0 Å². The molecule has 0 saturated heterocycles. The van der Waals surface area contributed by atoms with E-state index < -0.39 is 5.82 Å². The van der Waals surface area contributed by atoms with Gasteiger partial charge in [-0.05, 0) is 48.7 Å². The van der Waals surface area contributed by atoms with E-state index in [2.05, 4.69) is 15.4 Å². The number of carbonyl (C=O) groups excluding carboxylic acids is 2. The van der Waals surface area contributed by atoms with Crippen molar-refractivity contribution >= 4 is 23.2 Å². The van der Waals surface area contributed by atoms with Gasteiger partial charge in [0.1, 0.15) is 11.5 Å². The molecule has 2 amide bonds. The largest absolute Gasteiger partial charge is 0.319 e. The highest BCUT2D eigenvalue weighted by Crippen LogP contribution is 2.14. The average Bonchev–Trinajstić information content (AvgIpc) is 2.69. The molecule has 1 aromatic heterocycles. The summed E-state index contributed by atoms with van der Waals surface area (Å²) in [6.07, 6.45) is 3.22. The Kier molecular flexibility index (Phi) is 5.75. The molecule has 2 heterocycles. The van der Waals surface area contributed by atoms with Gasteiger partial charge < -0.3 is 5.32 Å². The molecule has 0 aliphatic carbocycles. The fraction of sp³-hybridized carbons (Fsp3) is 0.250. The molecule has 0 atom stereocenters. The molecular weight excluding hydrogens is 361 g/mol. The van der Waals surface area contributed by atoms with Crippen molar-refractivity contribution in [2.24, 2.45) is 5.10 Å². The molecule has 0 bridgehead atoms. The van der Waals surface area contributed by atoms with E-state index in [9.17, 15) is 14.0 Å². The number of hydrazone groups is 1. The number of nitrogens with one attached hydrogen (secondary N) is 1. The van der Waals surface area contributed by atoms with Gasteiger partial charge in [-0.2, -0.15) is 10.4 Å². The Morgan fingerprint density at radius 1 is 1.29 bits per heavy atom. The standard InChI is InChI=1S/C20H18FN5O2/c1-26-19(27)7-6-18(25-26)20(28)24-17-5-4-16(23-12-17)3-2-13-8-14(11-22)10-15(21)9-13/h4-5,8-10,12H,2-3,6-7H2,1H3,(H,24,28). The number of benzene rings is 1. The molecule has 0 fully saturated rings. The molecule has 28 heavy (non-hydrogen) atoms. The molecule has 0 spiro atoms. The van der Waals surface area contributed by atoms with Crippen molar-refractivity contribution in [3.8, 4) is 6.07 Å². The number of amides is 2. The Balaban J connectivity index is 1.59.